The number of ether oxygens (including phenoxy) is 1. The fraction of sp³-hybridized carbons (Fsp3) is 0.158. The highest BCUT2D eigenvalue weighted by Gasteiger charge is 2.08. The molecule has 0 aliphatic carbocycles. The van der Waals surface area contributed by atoms with Gasteiger partial charge < -0.3 is 15.4 Å². The number of anilines is 1. The Bertz CT molecular complexity index is 795. The summed E-state index contributed by atoms with van der Waals surface area (Å²) in [5.41, 5.74) is 1.88. The molecule has 2 aromatic carbocycles. The van der Waals surface area contributed by atoms with E-state index in [1.54, 1.807) is 7.11 Å². The Hall–Kier alpha value is -2.78. The Balaban J connectivity index is 1.88. The standard InChI is InChI=1S/C19H18BrN3O2/c1-25-16-8-6-14(7-9-16)10-11-22-19(24)15(12-21)13-23-18-5-3-2-4-17(18)20/h2-9,13,23H,10-11H2,1H3,(H,22,24)/b15-13-. The first-order valence-corrected chi connectivity index (χ1v) is 8.46. The molecule has 0 aromatic heterocycles. The van der Waals surface area contributed by atoms with Gasteiger partial charge in [-0.3, -0.25) is 4.79 Å². The number of nitriles is 1. The summed E-state index contributed by atoms with van der Waals surface area (Å²) in [6, 6.07) is 17.0. The van der Waals surface area contributed by atoms with Crippen molar-refractivity contribution in [2.24, 2.45) is 0 Å². The maximum absolute atomic E-state index is 12.1. The molecular weight excluding hydrogens is 382 g/mol. The maximum Gasteiger partial charge on any atom is 0.263 e. The molecule has 0 unspecified atom stereocenters. The number of carbonyl (C=O) groups excluding carboxylic acids is 1. The van der Waals surface area contributed by atoms with Gasteiger partial charge in [0.25, 0.3) is 5.91 Å². The summed E-state index contributed by atoms with van der Waals surface area (Å²) in [6.07, 6.45) is 2.08. The summed E-state index contributed by atoms with van der Waals surface area (Å²) in [6.45, 7) is 0.444. The molecule has 0 spiro atoms. The van der Waals surface area contributed by atoms with Crippen molar-refractivity contribution >= 4 is 27.5 Å². The molecule has 2 N–H and O–H groups in total. The van der Waals surface area contributed by atoms with Crippen LogP contribution in [0.5, 0.6) is 5.75 Å². The number of amides is 1. The van der Waals surface area contributed by atoms with Crippen molar-refractivity contribution in [3.8, 4) is 11.8 Å². The molecule has 0 aliphatic rings. The number of halogens is 1. The predicted molar refractivity (Wildman–Crippen MR) is 101 cm³/mol. The van der Waals surface area contributed by atoms with E-state index in [0.29, 0.717) is 13.0 Å². The van der Waals surface area contributed by atoms with Crippen LogP contribution in [0.2, 0.25) is 0 Å². The molecule has 5 nitrogen and oxygen atoms in total. The van der Waals surface area contributed by atoms with Gasteiger partial charge in [0, 0.05) is 17.2 Å². The van der Waals surface area contributed by atoms with Crippen molar-refractivity contribution in [3.05, 3.63) is 70.3 Å². The van der Waals surface area contributed by atoms with Crippen molar-refractivity contribution in [1.29, 1.82) is 5.26 Å². The number of rotatable bonds is 7. The van der Waals surface area contributed by atoms with Gasteiger partial charge in [-0.25, -0.2) is 0 Å². The third kappa shape index (κ3) is 5.66. The number of benzene rings is 2. The second-order valence-electron chi connectivity index (χ2n) is 5.15. The van der Waals surface area contributed by atoms with Crippen LogP contribution in [-0.4, -0.2) is 19.6 Å². The molecule has 0 radical (unpaired) electrons. The molecule has 0 aliphatic heterocycles. The van der Waals surface area contributed by atoms with Crippen LogP contribution >= 0.6 is 15.9 Å². The van der Waals surface area contributed by atoms with Gasteiger partial charge in [-0.1, -0.05) is 24.3 Å². The number of hydrogen-bond acceptors (Lipinski definition) is 4. The lowest BCUT2D eigenvalue weighted by molar-refractivity contribution is -0.117. The van der Waals surface area contributed by atoms with Crippen molar-refractivity contribution in [1.82, 2.24) is 5.32 Å². The molecule has 0 bridgehead atoms. The maximum atomic E-state index is 12.1. The molecule has 2 rings (SSSR count). The Kier molecular flexibility index (Phi) is 7.05. The number of carbonyl (C=O) groups is 1. The van der Waals surface area contributed by atoms with Gasteiger partial charge in [0.05, 0.1) is 12.8 Å². The van der Waals surface area contributed by atoms with Gasteiger partial charge >= 0.3 is 0 Å². The fourth-order valence-corrected chi connectivity index (χ4v) is 2.48. The monoisotopic (exact) mass is 399 g/mol. The molecule has 0 atom stereocenters. The van der Waals surface area contributed by atoms with Crippen LogP contribution in [-0.2, 0) is 11.2 Å². The largest absolute Gasteiger partial charge is 0.497 e. The molecule has 25 heavy (non-hydrogen) atoms. The summed E-state index contributed by atoms with van der Waals surface area (Å²) in [5.74, 6) is 0.385. The van der Waals surface area contributed by atoms with E-state index in [0.717, 1.165) is 21.5 Å². The summed E-state index contributed by atoms with van der Waals surface area (Å²) in [4.78, 5) is 12.1. The van der Waals surface area contributed by atoms with Gasteiger partial charge in [0.2, 0.25) is 0 Å². The van der Waals surface area contributed by atoms with E-state index in [1.165, 1.54) is 6.20 Å². The van der Waals surface area contributed by atoms with Gasteiger partial charge in [0.15, 0.2) is 0 Å². The lowest BCUT2D eigenvalue weighted by Crippen LogP contribution is -2.27. The first-order chi connectivity index (χ1) is 12.1. The molecule has 128 valence electrons. The van der Waals surface area contributed by atoms with E-state index in [9.17, 15) is 10.1 Å². The van der Waals surface area contributed by atoms with Gasteiger partial charge in [-0.2, -0.15) is 5.26 Å². The third-order valence-corrected chi connectivity index (χ3v) is 4.16. The quantitative estimate of drug-likeness (QED) is 0.550. The summed E-state index contributed by atoms with van der Waals surface area (Å²) in [5, 5.41) is 14.9. The first kappa shape index (κ1) is 18.6. The zero-order chi connectivity index (χ0) is 18.1. The lowest BCUT2D eigenvalue weighted by Gasteiger charge is -2.07. The normalized spacial score (nSPS) is 10.7. The van der Waals surface area contributed by atoms with E-state index in [2.05, 4.69) is 26.6 Å². The molecule has 0 heterocycles. The fourth-order valence-electron chi connectivity index (χ4n) is 2.08. The van der Waals surface area contributed by atoms with Gasteiger partial charge in [-0.05, 0) is 52.2 Å². The Morgan fingerprint density at radius 2 is 1.96 bits per heavy atom. The van der Waals surface area contributed by atoms with Crippen LogP contribution in [0.3, 0.4) is 0 Å². The summed E-state index contributed by atoms with van der Waals surface area (Å²) >= 11 is 3.40. The van der Waals surface area contributed by atoms with Crippen molar-refractivity contribution in [3.63, 3.8) is 0 Å². The second-order valence-corrected chi connectivity index (χ2v) is 6.00. The minimum atomic E-state index is -0.407. The van der Waals surface area contributed by atoms with Crippen molar-refractivity contribution in [2.45, 2.75) is 6.42 Å². The zero-order valence-electron chi connectivity index (χ0n) is 13.8. The zero-order valence-corrected chi connectivity index (χ0v) is 15.3. The number of methoxy groups -OCH3 is 1. The third-order valence-electron chi connectivity index (χ3n) is 3.47. The first-order valence-electron chi connectivity index (χ1n) is 7.66. The molecule has 1 amide bonds. The van der Waals surface area contributed by atoms with Gasteiger partial charge in [0.1, 0.15) is 17.4 Å². The minimum Gasteiger partial charge on any atom is -0.497 e. The van der Waals surface area contributed by atoms with Gasteiger partial charge in [-0.15, -0.1) is 0 Å². The van der Waals surface area contributed by atoms with Crippen molar-refractivity contribution in [2.75, 3.05) is 19.0 Å². The Morgan fingerprint density at radius 3 is 2.60 bits per heavy atom. The smallest absolute Gasteiger partial charge is 0.263 e. The average molecular weight is 400 g/mol. The van der Waals surface area contributed by atoms with Crippen LogP contribution in [0.4, 0.5) is 5.69 Å². The number of para-hydroxylation sites is 1. The van der Waals surface area contributed by atoms with E-state index in [-0.39, 0.29) is 5.57 Å². The Labute approximate surface area is 155 Å². The van der Waals surface area contributed by atoms with Crippen LogP contribution in [0, 0.1) is 11.3 Å². The number of hydrogen-bond donors (Lipinski definition) is 2. The van der Waals surface area contributed by atoms with Crippen molar-refractivity contribution < 1.29 is 9.53 Å². The average Bonchev–Trinajstić information content (AvgIpc) is 2.64. The van der Waals surface area contributed by atoms with Crippen LogP contribution < -0.4 is 15.4 Å². The molecule has 6 heteroatoms. The highest BCUT2D eigenvalue weighted by molar-refractivity contribution is 9.10. The number of nitrogens with one attached hydrogen (secondary N) is 2. The van der Waals surface area contributed by atoms with Crippen LogP contribution in [0.15, 0.2) is 64.8 Å². The minimum absolute atomic E-state index is 0.0190. The molecule has 0 saturated carbocycles. The molecular formula is C19H18BrN3O2. The summed E-state index contributed by atoms with van der Waals surface area (Å²) < 4.78 is 5.96. The van der Waals surface area contributed by atoms with Crippen LogP contribution in [0.25, 0.3) is 0 Å². The van der Waals surface area contributed by atoms with E-state index >= 15 is 0 Å². The van der Waals surface area contributed by atoms with Crippen LogP contribution in [0.1, 0.15) is 5.56 Å². The molecule has 0 saturated heterocycles. The number of nitrogens with zero attached hydrogens (tertiary/aromatic N) is 1. The topological polar surface area (TPSA) is 74.1 Å². The highest BCUT2D eigenvalue weighted by atomic mass is 79.9. The van der Waals surface area contributed by atoms with E-state index in [4.69, 9.17) is 4.74 Å². The van der Waals surface area contributed by atoms with E-state index in [1.807, 2.05) is 54.6 Å². The Morgan fingerprint density at radius 1 is 1.24 bits per heavy atom. The lowest BCUT2D eigenvalue weighted by atomic mass is 10.1. The molecule has 0 fully saturated rings. The second kappa shape index (κ2) is 9.50. The highest BCUT2D eigenvalue weighted by Crippen LogP contribution is 2.21. The van der Waals surface area contributed by atoms with E-state index < -0.39 is 5.91 Å². The predicted octanol–water partition coefficient (Wildman–Crippen LogP) is 3.64. The SMILES string of the molecule is COc1ccc(CCNC(=O)/C(C#N)=C\Nc2ccccc2Br)cc1. The summed E-state index contributed by atoms with van der Waals surface area (Å²) in [7, 11) is 1.62. The molecule has 2 aromatic rings.